The van der Waals surface area contributed by atoms with E-state index in [1.807, 2.05) is 0 Å². The van der Waals surface area contributed by atoms with E-state index < -0.39 is 26.9 Å². The highest BCUT2D eigenvalue weighted by atomic mass is 35.5. The maximum Gasteiger partial charge on any atom is 0.293 e. The lowest BCUT2D eigenvalue weighted by atomic mass is 10.2. The molecule has 1 fully saturated rings. The number of amides is 3. The number of benzene rings is 1. The number of imide groups is 1. The molecule has 1 aliphatic rings. The molecule has 0 unspecified atom stereocenters. The lowest BCUT2D eigenvalue weighted by Gasteiger charge is -2.12. The molecule has 0 saturated carbocycles. The lowest BCUT2D eigenvalue weighted by molar-refractivity contribution is -0.124. The van der Waals surface area contributed by atoms with Gasteiger partial charge in [-0.05, 0) is 35.5 Å². The van der Waals surface area contributed by atoms with Crippen molar-refractivity contribution in [3.8, 4) is 0 Å². The van der Waals surface area contributed by atoms with Crippen molar-refractivity contribution < 1.29 is 22.8 Å². The van der Waals surface area contributed by atoms with Gasteiger partial charge in [0.25, 0.3) is 11.1 Å². The minimum Gasteiger partial charge on any atom is -0.354 e. The Bertz CT molecular complexity index is 915. The SMILES string of the molecule is CS(=O)(=O)CCC(=O)NCCN1C(=O)SC(=Cc2ccc(Cl)cc2Cl)C1=O. The van der Waals surface area contributed by atoms with E-state index in [0.717, 1.165) is 22.9 Å². The van der Waals surface area contributed by atoms with Crippen molar-refractivity contribution in [1.82, 2.24) is 10.2 Å². The number of hydrogen-bond acceptors (Lipinski definition) is 6. The Labute approximate surface area is 171 Å². The molecule has 0 atom stereocenters. The Morgan fingerprint density at radius 2 is 2.00 bits per heavy atom. The zero-order chi connectivity index (χ0) is 20.2. The smallest absolute Gasteiger partial charge is 0.293 e. The topological polar surface area (TPSA) is 101 Å². The van der Waals surface area contributed by atoms with Crippen molar-refractivity contribution in [3.63, 3.8) is 0 Å². The summed E-state index contributed by atoms with van der Waals surface area (Å²) in [5.41, 5.74) is 0.556. The van der Waals surface area contributed by atoms with E-state index in [-0.39, 0.29) is 30.2 Å². The number of hydrogen-bond donors (Lipinski definition) is 1. The van der Waals surface area contributed by atoms with E-state index in [0.29, 0.717) is 15.6 Å². The maximum absolute atomic E-state index is 12.4. The Kier molecular flexibility index (Phi) is 7.32. The van der Waals surface area contributed by atoms with Crippen LogP contribution < -0.4 is 5.32 Å². The van der Waals surface area contributed by atoms with Gasteiger partial charge in [-0.2, -0.15) is 0 Å². The summed E-state index contributed by atoms with van der Waals surface area (Å²) in [6, 6.07) is 4.79. The molecule has 0 aliphatic carbocycles. The third kappa shape index (κ3) is 6.53. The van der Waals surface area contributed by atoms with E-state index in [9.17, 15) is 22.8 Å². The molecule has 7 nitrogen and oxygen atoms in total. The van der Waals surface area contributed by atoms with Crippen molar-refractivity contribution in [1.29, 1.82) is 0 Å². The summed E-state index contributed by atoms with van der Waals surface area (Å²) in [6.07, 6.45) is 2.38. The van der Waals surface area contributed by atoms with Crippen LogP contribution >= 0.6 is 35.0 Å². The second kappa shape index (κ2) is 9.09. The highest BCUT2D eigenvalue weighted by molar-refractivity contribution is 8.18. The van der Waals surface area contributed by atoms with Gasteiger partial charge in [-0.15, -0.1) is 0 Å². The van der Waals surface area contributed by atoms with Crippen LogP contribution in [0, 0.1) is 0 Å². The van der Waals surface area contributed by atoms with Crippen LogP contribution in [0.2, 0.25) is 10.0 Å². The number of rotatable bonds is 7. The fourth-order valence-corrected chi connectivity index (χ4v) is 4.00. The van der Waals surface area contributed by atoms with Gasteiger partial charge in [0, 0.05) is 35.8 Å². The minimum absolute atomic E-state index is 0.0129. The standard InChI is InChI=1S/C16H16Cl2N2O5S2/c1-27(24,25)7-4-14(21)19-5-6-20-15(22)13(26-16(20)23)8-10-2-3-11(17)9-12(10)18/h2-3,8-9H,4-7H2,1H3,(H,19,21). The predicted molar refractivity (Wildman–Crippen MR) is 106 cm³/mol. The number of thioether (sulfide) groups is 1. The molecule has 0 aromatic heterocycles. The van der Waals surface area contributed by atoms with E-state index in [4.69, 9.17) is 23.2 Å². The van der Waals surface area contributed by atoms with Crippen molar-refractivity contribution in [3.05, 3.63) is 38.7 Å². The Hall–Kier alpha value is -1.55. The van der Waals surface area contributed by atoms with Crippen LogP contribution in [0.25, 0.3) is 6.08 Å². The molecule has 1 aromatic rings. The third-order valence-electron chi connectivity index (χ3n) is 3.48. The number of carbonyl (C=O) groups excluding carboxylic acids is 3. The van der Waals surface area contributed by atoms with Crippen LogP contribution in [0.15, 0.2) is 23.1 Å². The van der Waals surface area contributed by atoms with Crippen LogP contribution in [0.4, 0.5) is 4.79 Å². The monoisotopic (exact) mass is 450 g/mol. The quantitative estimate of drug-likeness (QED) is 0.640. The van der Waals surface area contributed by atoms with Crippen LogP contribution in [-0.2, 0) is 19.4 Å². The molecule has 1 saturated heterocycles. The summed E-state index contributed by atoms with van der Waals surface area (Å²) in [7, 11) is -3.23. The molecule has 0 radical (unpaired) electrons. The van der Waals surface area contributed by atoms with Crippen molar-refractivity contribution in [2.45, 2.75) is 6.42 Å². The summed E-state index contributed by atoms with van der Waals surface area (Å²) in [6.45, 7) is 0.0244. The molecular formula is C16H16Cl2N2O5S2. The first-order valence-electron chi connectivity index (χ1n) is 7.71. The lowest BCUT2D eigenvalue weighted by Crippen LogP contribution is -2.37. The largest absolute Gasteiger partial charge is 0.354 e. The summed E-state index contributed by atoms with van der Waals surface area (Å²) in [5.74, 6) is -1.21. The minimum atomic E-state index is -3.23. The first-order chi connectivity index (χ1) is 12.6. The summed E-state index contributed by atoms with van der Waals surface area (Å²) < 4.78 is 22.1. The fourth-order valence-electron chi connectivity index (χ4n) is 2.13. The molecule has 1 N–H and O–H groups in total. The van der Waals surface area contributed by atoms with Crippen molar-refractivity contribution in [2.24, 2.45) is 0 Å². The number of carbonyl (C=O) groups is 3. The molecule has 0 spiro atoms. The zero-order valence-corrected chi connectivity index (χ0v) is 17.3. The van der Waals surface area contributed by atoms with Crippen LogP contribution in [0.3, 0.4) is 0 Å². The molecule has 11 heteroatoms. The Balaban J connectivity index is 1.94. The number of nitrogens with zero attached hydrogens (tertiary/aromatic N) is 1. The normalized spacial score (nSPS) is 16.3. The van der Waals surface area contributed by atoms with Crippen molar-refractivity contribution in [2.75, 3.05) is 25.1 Å². The number of nitrogens with one attached hydrogen (secondary N) is 1. The van der Waals surface area contributed by atoms with Crippen LogP contribution in [0.1, 0.15) is 12.0 Å². The molecule has 27 heavy (non-hydrogen) atoms. The van der Waals surface area contributed by atoms with Gasteiger partial charge in [-0.3, -0.25) is 19.3 Å². The van der Waals surface area contributed by atoms with Gasteiger partial charge < -0.3 is 5.32 Å². The van der Waals surface area contributed by atoms with Gasteiger partial charge in [-0.1, -0.05) is 29.3 Å². The average molecular weight is 451 g/mol. The fraction of sp³-hybridized carbons (Fsp3) is 0.312. The van der Waals surface area contributed by atoms with E-state index >= 15 is 0 Å². The zero-order valence-electron chi connectivity index (χ0n) is 14.2. The van der Waals surface area contributed by atoms with E-state index in [1.165, 1.54) is 12.1 Å². The predicted octanol–water partition coefficient (Wildman–Crippen LogP) is 2.58. The first kappa shape index (κ1) is 21.7. The molecule has 1 aromatic carbocycles. The second-order valence-electron chi connectivity index (χ2n) is 5.73. The third-order valence-corrected chi connectivity index (χ3v) is 5.90. The highest BCUT2D eigenvalue weighted by Crippen LogP contribution is 2.33. The van der Waals surface area contributed by atoms with E-state index in [1.54, 1.807) is 12.1 Å². The molecule has 146 valence electrons. The Morgan fingerprint density at radius 3 is 2.63 bits per heavy atom. The molecule has 1 aliphatic heterocycles. The van der Waals surface area contributed by atoms with Crippen molar-refractivity contribution >= 4 is 67.9 Å². The first-order valence-corrected chi connectivity index (χ1v) is 11.3. The van der Waals surface area contributed by atoms with E-state index in [2.05, 4.69) is 5.32 Å². The van der Waals surface area contributed by atoms with Crippen LogP contribution in [-0.4, -0.2) is 55.5 Å². The second-order valence-corrected chi connectivity index (χ2v) is 9.83. The Morgan fingerprint density at radius 1 is 1.30 bits per heavy atom. The maximum atomic E-state index is 12.4. The van der Waals surface area contributed by atoms with Gasteiger partial charge in [-0.25, -0.2) is 8.42 Å². The summed E-state index contributed by atoms with van der Waals surface area (Å²) >= 11 is 12.7. The molecule has 3 amide bonds. The van der Waals surface area contributed by atoms with Gasteiger partial charge in [0.05, 0.1) is 10.7 Å². The average Bonchev–Trinajstić information content (AvgIpc) is 2.82. The van der Waals surface area contributed by atoms with Gasteiger partial charge in [0.15, 0.2) is 0 Å². The molecular weight excluding hydrogens is 435 g/mol. The molecule has 2 rings (SSSR count). The van der Waals surface area contributed by atoms with Gasteiger partial charge in [0.1, 0.15) is 9.84 Å². The molecule has 0 bridgehead atoms. The summed E-state index contributed by atoms with van der Waals surface area (Å²) in [5, 5.41) is 2.84. The van der Waals surface area contributed by atoms with Crippen LogP contribution in [0.5, 0.6) is 0 Å². The number of halogens is 2. The van der Waals surface area contributed by atoms with Gasteiger partial charge >= 0.3 is 0 Å². The highest BCUT2D eigenvalue weighted by Gasteiger charge is 2.34. The summed E-state index contributed by atoms with van der Waals surface area (Å²) in [4.78, 5) is 37.2. The van der Waals surface area contributed by atoms with Gasteiger partial charge in [0.2, 0.25) is 5.91 Å². The number of sulfone groups is 1. The molecule has 1 heterocycles.